The molecule has 1 N–H and O–H groups in total. The lowest BCUT2D eigenvalue weighted by molar-refractivity contribution is -0.121. The zero-order valence-electron chi connectivity index (χ0n) is 15.0. The summed E-state index contributed by atoms with van der Waals surface area (Å²) in [6.07, 6.45) is 0. The number of aryl methyl sites for hydroxylation is 1. The molecule has 0 aliphatic rings. The fourth-order valence-electron chi connectivity index (χ4n) is 2.85. The van der Waals surface area contributed by atoms with Gasteiger partial charge in [-0.25, -0.2) is 5.43 Å². The van der Waals surface area contributed by atoms with Crippen LogP contribution in [0.25, 0.3) is 0 Å². The minimum absolute atomic E-state index is 0.145. The predicted octanol–water partition coefficient (Wildman–Crippen LogP) is 4.67. The van der Waals surface area contributed by atoms with Crippen LogP contribution >= 0.6 is 0 Å². The molecule has 3 rings (SSSR count). The monoisotopic (exact) mass is 342 g/mol. The van der Waals surface area contributed by atoms with Gasteiger partial charge in [0.25, 0.3) is 5.91 Å². The summed E-state index contributed by atoms with van der Waals surface area (Å²) in [6.45, 7) is 3.94. The zero-order chi connectivity index (χ0) is 18.4. The van der Waals surface area contributed by atoms with Crippen molar-refractivity contribution in [1.29, 1.82) is 0 Å². The van der Waals surface area contributed by atoms with Crippen LogP contribution in [0.5, 0.6) is 0 Å². The molecule has 0 heterocycles. The van der Waals surface area contributed by atoms with E-state index < -0.39 is 5.92 Å². The van der Waals surface area contributed by atoms with Crippen molar-refractivity contribution >= 4 is 11.6 Å². The number of rotatable bonds is 5. The topological polar surface area (TPSA) is 41.5 Å². The number of amides is 1. The van der Waals surface area contributed by atoms with Gasteiger partial charge in [0.2, 0.25) is 0 Å². The first-order chi connectivity index (χ1) is 12.6. The smallest absolute Gasteiger partial charge is 0.252 e. The van der Waals surface area contributed by atoms with E-state index in [0.717, 1.165) is 22.4 Å². The van der Waals surface area contributed by atoms with Gasteiger partial charge in [0.1, 0.15) is 0 Å². The zero-order valence-corrected chi connectivity index (χ0v) is 15.0. The first-order valence-electron chi connectivity index (χ1n) is 8.66. The maximum Gasteiger partial charge on any atom is 0.252 e. The van der Waals surface area contributed by atoms with E-state index in [1.54, 1.807) is 0 Å². The second-order valence-corrected chi connectivity index (χ2v) is 6.29. The van der Waals surface area contributed by atoms with Crippen molar-refractivity contribution in [3.63, 3.8) is 0 Å². The fourth-order valence-corrected chi connectivity index (χ4v) is 2.85. The van der Waals surface area contributed by atoms with Crippen LogP contribution in [-0.2, 0) is 4.79 Å². The average Bonchev–Trinajstić information content (AvgIpc) is 2.68. The van der Waals surface area contributed by atoms with Gasteiger partial charge >= 0.3 is 0 Å². The van der Waals surface area contributed by atoms with Crippen molar-refractivity contribution in [2.45, 2.75) is 19.8 Å². The number of nitrogens with one attached hydrogen (secondary N) is 1. The van der Waals surface area contributed by atoms with Gasteiger partial charge in [-0.05, 0) is 30.5 Å². The second-order valence-electron chi connectivity index (χ2n) is 6.29. The van der Waals surface area contributed by atoms with E-state index in [4.69, 9.17) is 0 Å². The molecule has 0 saturated heterocycles. The van der Waals surface area contributed by atoms with Crippen molar-refractivity contribution in [1.82, 2.24) is 5.43 Å². The normalized spacial score (nSPS) is 11.4. The van der Waals surface area contributed by atoms with Crippen LogP contribution in [0.4, 0.5) is 0 Å². The van der Waals surface area contributed by atoms with Crippen LogP contribution in [0.2, 0.25) is 0 Å². The lowest BCUT2D eigenvalue weighted by atomic mass is 9.91. The van der Waals surface area contributed by atoms with Crippen LogP contribution in [-0.4, -0.2) is 11.6 Å². The number of hydrazone groups is 1. The quantitative estimate of drug-likeness (QED) is 0.531. The van der Waals surface area contributed by atoms with Crippen molar-refractivity contribution in [3.05, 3.63) is 107 Å². The summed E-state index contributed by atoms with van der Waals surface area (Å²) >= 11 is 0. The number of hydrogen-bond acceptors (Lipinski definition) is 2. The lowest BCUT2D eigenvalue weighted by Gasteiger charge is -2.16. The Morgan fingerprint density at radius 3 is 1.81 bits per heavy atom. The van der Waals surface area contributed by atoms with E-state index in [0.29, 0.717) is 0 Å². The van der Waals surface area contributed by atoms with Crippen LogP contribution in [0, 0.1) is 6.92 Å². The molecule has 1 amide bonds. The number of carbonyl (C=O) groups excluding carboxylic acids is 1. The second kappa shape index (κ2) is 8.26. The summed E-state index contributed by atoms with van der Waals surface area (Å²) in [6, 6.07) is 27.6. The van der Waals surface area contributed by atoms with E-state index >= 15 is 0 Å². The number of nitrogens with zero attached hydrogens (tertiary/aromatic N) is 1. The highest BCUT2D eigenvalue weighted by molar-refractivity contribution is 5.99. The average molecular weight is 342 g/mol. The van der Waals surface area contributed by atoms with Gasteiger partial charge in [0, 0.05) is 0 Å². The van der Waals surface area contributed by atoms with Gasteiger partial charge in [0.15, 0.2) is 0 Å². The summed E-state index contributed by atoms with van der Waals surface area (Å²) in [5.41, 5.74) is 7.59. The van der Waals surface area contributed by atoms with Gasteiger partial charge < -0.3 is 0 Å². The highest BCUT2D eigenvalue weighted by Gasteiger charge is 2.22. The molecule has 0 saturated carbocycles. The van der Waals surface area contributed by atoms with Crippen LogP contribution in [0.1, 0.15) is 35.1 Å². The molecular formula is C23H22N2O. The minimum Gasteiger partial charge on any atom is -0.272 e. The summed E-state index contributed by atoms with van der Waals surface area (Å²) in [5, 5.41) is 4.31. The van der Waals surface area contributed by atoms with Crippen molar-refractivity contribution in [2.24, 2.45) is 5.10 Å². The van der Waals surface area contributed by atoms with Crippen LogP contribution < -0.4 is 5.43 Å². The molecule has 0 fully saturated rings. The first-order valence-corrected chi connectivity index (χ1v) is 8.66. The minimum atomic E-state index is -0.396. The fraction of sp³-hybridized carbons (Fsp3) is 0.130. The van der Waals surface area contributed by atoms with Gasteiger partial charge in [0.05, 0.1) is 11.6 Å². The lowest BCUT2D eigenvalue weighted by Crippen LogP contribution is -2.27. The van der Waals surface area contributed by atoms with Crippen molar-refractivity contribution in [2.75, 3.05) is 0 Å². The molecule has 0 bridgehead atoms. The van der Waals surface area contributed by atoms with E-state index in [2.05, 4.69) is 10.5 Å². The van der Waals surface area contributed by atoms with Gasteiger partial charge in [-0.3, -0.25) is 4.79 Å². The predicted molar refractivity (Wildman–Crippen MR) is 106 cm³/mol. The molecule has 26 heavy (non-hydrogen) atoms. The molecule has 0 aliphatic heterocycles. The molecule has 0 aliphatic carbocycles. The molecule has 3 aromatic rings. The highest BCUT2D eigenvalue weighted by atomic mass is 16.2. The Morgan fingerprint density at radius 2 is 1.31 bits per heavy atom. The van der Waals surface area contributed by atoms with Crippen molar-refractivity contribution < 1.29 is 4.79 Å². The summed E-state index contributed by atoms with van der Waals surface area (Å²) in [5.74, 6) is -0.541. The number of benzene rings is 3. The van der Waals surface area contributed by atoms with Gasteiger partial charge in [-0.1, -0.05) is 90.5 Å². The molecule has 0 atom stereocenters. The van der Waals surface area contributed by atoms with Crippen LogP contribution in [0.15, 0.2) is 90.0 Å². The molecule has 3 heteroatoms. The van der Waals surface area contributed by atoms with Gasteiger partial charge in [-0.15, -0.1) is 0 Å². The Balaban J connectivity index is 1.84. The van der Waals surface area contributed by atoms with E-state index in [-0.39, 0.29) is 5.91 Å². The highest BCUT2D eigenvalue weighted by Crippen LogP contribution is 2.24. The van der Waals surface area contributed by atoms with Gasteiger partial charge in [-0.2, -0.15) is 5.10 Å². The number of hydrogen-bond donors (Lipinski definition) is 1. The molecule has 3 aromatic carbocycles. The Kier molecular flexibility index (Phi) is 5.59. The Labute approximate surface area is 154 Å². The standard InChI is InChI=1S/C23H22N2O/c1-17-13-15-19(16-14-17)18(2)24-25-23(26)22(20-9-5-3-6-10-20)21-11-7-4-8-12-21/h3-16,22H,1-2H3,(H,25,26)/b24-18+. The Morgan fingerprint density at radius 1 is 0.808 bits per heavy atom. The molecule has 0 unspecified atom stereocenters. The summed E-state index contributed by atoms with van der Waals surface area (Å²) in [4.78, 5) is 12.9. The maximum atomic E-state index is 12.9. The summed E-state index contributed by atoms with van der Waals surface area (Å²) < 4.78 is 0. The third-order valence-electron chi connectivity index (χ3n) is 4.33. The molecule has 130 valence electrons. The maximum absolute atomic E-state index is 12.9. The van der Waals surface area contributed by atoms with Crippen LogP contribution in [0.3, 0.4) is 0 Å². The molecule has 0 radical (unpaired) electrons. The van der Waals surface area contributed by atoms with E-state index in [1.165, 1.54) is 5.56 Å². The molecule has 0 spiro atoms. The molecule has 3 nitrogen and oxygen atoms in total. The van der Waals surface area contributed by atoms with E-state index in [9.17, 15) is 4.79 Å². The third kappa shape index (κ3) is 4.25. The van der Waals surface area contributed by atoms with E-state index in [1.807, 2.05) is 98.8 Å². The third-order valence-corrected chi connectivity index (χ3v) is 4.33. The first kappa shape index (κ1) is 17.6. The Hall–Kier alpha value is -3.20. The number of carbonyl (C=O) groups is 1. The molecule has 0 aromatic heterocycles. The largest absolute Gasteiger partial charge is 0.272 e. The van der Waals surface area contributed by atoms with Crippen molar-refractivity contribution in [3.8, 4) is 0 Å². The Bertz CT molecular complexity index is 845. The molecular weight excluding hydrogens is 320 g/mol. The SMILES string of the molecule is C/C(=N\NC(=O)C(c1ccccc1)c1ccccc1)c1ccc(C)cc1. The summed E-state index contributed by atoms with van der Waals surface area (Å²) in [7, 11) is 0.